The van der Waals surface area contributed by atoms with Gasteiger partial charge in [-0.1, -0.05) is 72.8 Å². The molecule has 1 amide bonds. The third kappa shape index (κ3) is 4.66. The van der Waals surface area contributed by atoms with Crippen LogP contribution < -0.4 is 10.1 Å². The lowest BCUT2D eigenvalue weighted by molar-refractivity contribution is -0.154. The van der Waals surface area contributed by atoms with Crippen LogP contribution in [0.5, 0.6) is 5.75 Å². The minimum atomic E-state index is -0.524. The van der Waals surface area contributed by atoms with E-state index in [1.807, 2.05) is 89.8 Å². The van der Waals surface area contributed by atoms with E-state index in [2.05, 4.69) is 5.32 Å². The molecule has 1 heterocycles. The van der Waals surface area contributed by atoms with Gasteiger partial charge in [-0.25, -0.2) is 4.79 Å². The molecule has 0 aromatic heterocycles. The van der Waals surface area contributed by atoms with E-state index in [0.29, 0.717) is 5.70 Å². The van der Waals surface area contributed by atoms with Gasteiger partial charge in [0.05, 0.1) is 26.3 Å². The average Bonchev–Trinajstić information content (AvgIpc) is 2.88. The van der Waals surface area contributed by atoms with Crippen molar-refractivity contribution in [3.8, 4) is 5.75 Å². The zero-order chi connectivity index (χ0) is 24.1. The van der Waals surface area contributed by atoms with Gasteiger partial charge in [-0.2, -0.15) is 0 Å². The molecule has 2 atom stereocenters. The zero-order valence-corrected chi connectivity index (χ0v) is 19.5. The number of nitrogens with zero attached hydrogens (tertiary/aromatic N) is 1. The van der Waals surface area contributed by atoms with Gasteiger partial charge in [0.2, 0.25) is 5.91 Å². The molecule has 6 nitrogen and oxygen atoms in total. The lowest BCUT2D eigenvalue weighted by Gasteiger charge is -2.52. The topological polar surface area (TPSA) is 67.9 Å². The maximum atomic E-state index is 13.6. The summed E-state index contributed by atoms with van der Waals surface area (Å²) < 4.78 is 10.1. The van der Waals surface area contributed by atoms with E-state index in [1.165, 1.54) is 13.2 Å². The van der Waals surface area contributed by atoms with Gasteiger partial charge in [0, 0.05) is 11.8 Å². The number of carbonyl (C=O) groups excluding carboxylic acids is 2. The van der Waals surface area contributed by atoms with Crippen LogP contribution in [0.2, 0.25) is 0 Å². The van der Waals surface area contributed by atoms with Crippen molar-refractivity contribution in [2.24, 2.45) is 0 Å². The summed E-state index contributed by atoms with van der Waals surface area (Å²) >= 11 is 0. The van der Waals surface area contributed by atoms with Crippen LogP contribution in [0.15, 0.2) is 96.7 Å². The van der Waals surface area contributed by atoms with Gasteiger partial charge < -0.3 is 19.7 Å². The maximum absolute atomic E-state index is 13.6. The maximum Gasteiger partial charge on any atom is 0.332 e. The number of carbonyl (C=O) groups is 2. The first-order valence-electron chi connectivity index (χ1n) is 11.1. The number of allylic oxidation sites excluding steroid dienone is 1. The van der Waals surface area contributed by atoms with Gasteiger partial charge in [0.15, 0.2) is 0 Å². The molecule has 0 bridgehead atoms. The highest BCUT2D eigenvalue weighted by atomic mass is 16.5. The Morgan fingerprint density at radius 3 is 1.97 bits per heavy atom. The van der Waals surface area contributed by atoms with E-state index in [-0.39, 0.29) is 18.0 Å². The fourth-order valence-electron chi connectivity index (χ4n) is 4.40. The Morgan fingerprint density at radius 2 is 1.47 bits per heavy atom. The smallest absolute Gasteiger partial charge is 0.332 e. The van der Waals surface area contributed by atoms with Crippen LogP contribution >= 0.6 is 0 Å². The molecule has 0 spiro atoms. The molecule has 1 aliphatic heterocycles. The molecular weight excluding hydrogens is 428 g/mol. The Labute approximate surface area is 199 Å². The molecule has 0 radical (unpaired) electrons. The van der Waals surface area contributed by atoms with E-state index >= 15 is 0 Å². The van der Waals surface area contributed by atoms with Gasteiger partial charge in [-0.15, -0.1) is 0 Å². The van der Waals surface area contributed by atoms with Crippen LogP contribution in [0, 0.1) is 0 Å². The Kier molecular flexibility index (Phi) is 6.97. The van der Waals surface area contributed by atoms with E-state index < -0.39 is 12.0 Å². The van der Waals surface area contributed by atoms with E-state index in [1.54, 1.807) is 14.0 Å². The first-order chi connectivity index (χ1) is 16.5. The van der Waals surface area contributed by atoms with Crippen molar-refractivity contribution in [1.82, 2.24) is 10.2 Å². The Hall–Kier alpha value is -4.06. The highest BCUT2D eigenvalue weighted by molar-refractivity contribution is 5.91. The monoisotopic (exact) mass is 456 g/mol. The molecule has 4 rings (SSSR count). The molecule has 1 fully saturated rings. The standard InChI is InChI=1S/C28H28N2O4/c1-19(18-24(31)34-3)29-25-27(22-14-16-23(33-2)17-15-22)30(28(25)32)26(20-10-6-4-7-11-20)21-12-8-5-9-13-21/h4-18,25-27,29H,1-3H3/t25-,27+/m1/s1. The number of amides is 1. The molecule has 1 N–H and O–H groups in total. The molecule has 3 aromatic rings. The fourth-order valence-corrected chi connectivity index (χ4v) is 4.40. The molecule has 6 heteroatoms. The number of methoxy groups -OCH3 is 2. The van der Waals surface area contributed by atoms with Crippen LogP contribution in [0.4, 0.5) is 0 Å². The minimum absolute atomic E-state index is 0.0452. The SMILES string of the molecule is COC(=O)C=C(C)N[C@H]1C(=O)N(C(c2ccccc2)c2ccccc2)[C@H]1c1ccc(OC)cc1. The number of hydrogen-bond donors (Lipinski definition) is 1. The van der Waals surface area contributed by atoms with Gasteiger partial charge in [-0.3, -0.25) is 4.79 Å². The van der Waals surface area contributed by atoms with Crippen LogP contribution in [0.3, 0.4) is 0 Å². The highest BCUT2D eigenvalue weighted by Crippen LogP contribution is 2.45. The molecule has 0 aliphatic carbocycles. The quantitative estimate of drug-likeness (QED) is 0.309. The van der Waals surface area contributed by atoms with Crippen LogP contribution in [-0.4, -0.2) is 37.0 Å². The van der Waals surface area contributed by atoms with Crippen LogP contribution in [0.25, 0.3) is 0 Å². The van der Waals surface area contributed by atoms with Crippen molar-refractivity contribution in [3.63, 3.8) is 0 Å². The van der Waals surface area contributed by atoms with Crippen LogP contribution in [0.1, 0.15) is 35.7 Å². The molecule has 3 aromatic carbocycles. The van der Waals surface area contributed by atoms with E-state index in [9.17, 15) is 9.59 Å². The summed E-state index contributed by atoms with van der Waals surface area (Å²) in [6.07, 6.45) is 1.35. The molecule has 174 valence electrons. The number of β-lactam (4-membered cyclic amide) rings is 1. The first-order valence-corrected chi connectivity index (χ1v) is 11.1. The summed E-state index contributed by atoms with van der Waals surface area (Å²) in [7, 11) is 2.95. The fraction of sp³-hybridized carbons (Fsp3) is 0.214. The van der Waals surface area contributed by atoms with Gasteiger partial charge in [-0.05, 0) is 35.7 Å². The summed E-state index contributed by atoms with van der Waals surface area (Å²) in [6.45, 7) is 1.75. The molecule has 0 saturated carbocycles. The largest absolute Gasteiger partial charge is 0.497 e. The number of benzene rings is 3. The minimum Gasteiger partial charge on any atom is -0.497 e. The average molecular weight is 457 g/mol. The summed E-state index contributed by atoms with van der Waals surface area (Å²) in [6, 6.07) is 26.7. The lowest BCUT2D eigenvalue weighted by atomic mass is 9.83. The first kappa shape index (κ1) is 23.1. The summed E-state index contributed by atoms with van der Waals surface area (Å²) in [5.41, 5.74) is 3.60. The number of hydrogen-bond acceptors (Lipinski definition) is 5. The second-order valence-corrected chi connectivity index (χ2v) is 8.16. The van der Waals surface area contributed by atoms with Crippen molar-refractivity contribution < 1.29 is 19.1 Å². The number of nitrogens with one attached hydrogen (secondary N) is 1. The predicted molar refractivity (Wildman–Crippen MR) is 130 cm³/mol. The Morgan fingerprint density at radius 1 is 0.912 bits per heavy atom. The molecule has 0 unspecified atom stereocenters. The van der Waals surface area contributed by atoms with E-state index in [0.717, 1.165) is 22.4 Å². The zero-order valence-electron chi connectivity index (χ0n) is 19.5. The molecule has 34 heavy (non-hydrogen) atoms. The van der Waals surface area contributed by atoms with Gasteiger partial charge in [0.1, 0.15) is 11.8 Å². The van der Waals surface area contributed by atoms with Gasteiger partial charge >= 0.3 is 5.97 Å². The van der Waals surface area contributed by atoms with Crippen molar-refractivity contribution in [1.29, 1.82) is 0 Å². The molecule has 1 aliphatic rings. The second kappa shape index (κ2) is 10.3. The Bertz CT molecular complexity index is 1120. The summed E-state index contributed by atoms with van der Waals surface area (Å²) in [4.78, 5) is 27.3. The van der Waals surface area contributed by atoms with Crippen LogP contribution in [-0.2, 0) is 14.3 Å². The lowest BCUT2D eigenvalue weighted by Crippen LogP contribution is -2.65. The normalized spacial score (nSPS) is 17.8. The highest BCUT2D eigenvalue weighted by Gasteiger charge is 2.51. The predicted octanol–water partition coefficient (Wildman–Crippen LogP) is 4.40. The Balaban J connectivity index is 1.76. The van der Waals surface area contributed by atoms with E-state index in [4.69, 9.17) is 9.47 Å². The molecule has 1 saturated heterocycles. The van der Waals surface area contributed by atoms with Crippen molar-refractivity contribution >= 4 is 11.9 Å². The van der Waals surface area contributed by atoms with Crippen molar-refractivity contribution in [2.75, 3.05) is 14.2 Å². The number of ether oxygens (including phenoxy) is 2. The third-order valence-electron chi connectivity index (χ3n) is 6.02. The van der Waals surface area contributed by atoms with Crippen molar-refractivity contribution in [3.05, 3.63) is 113 Å². The second-order valence-electron chi connectivity index (χ2n) is 8.16. The number of likely N-dealkylation sites (tertiary alicyclic amines) is 1. The summed E-state index contributed by atoms with van der Waals surface area (Å²) in [5, 5.41) is 3.23. The number of esters is 1. The summed E-state index contributed by atoms with van der Waals surface area (Å²) in [5.74, 6) is 0.229. The van der Waals surface area contributed by atoms with Crippen molar-refractivity contribution in [2.45, 2.75) is 25.0 Å². The number of rotatable bonds is 8. The van der Waals surface area contributed by atoms with Gasteiger partial charge in [0.25, 0.3) is 0 Å². The third-order valence-corrected chi connectivity index (χ3v) is 6.02. The molecular formula is C28H28N2O4.